The third-order valence-corrected chi connectivity index (χ3v) is 1.29. The molecule has 0 aromatic rings. The lowest BCUT2D eigenvalue weighted by Crippen LogP contribution is -2.12. The minimum Gasteiger partial charge on any atom is -0.495 e. The average molecular weight is 150 g/mol. The fourth-order valence-electron chi connectivity index (χ4n) is 0.249. The zero-order chi connectivity index (χ0) is 7.11. The highest BCUT2D eigenvalue weighted by atomic mass is 28.3. The standard InChI is InChI=1S/C4H10O4Si/c1-3-6-8-9(5)7-4-2/h3-4H2,1-2H3. The lowest BCUT2D eigenvalue weighted by atomic mass is 10.9. The highest BCUT2D eigenvalue weighted by molar-refractivity contribution is 6.25. The van der Waals surface area contributed by atoms with E-state index in [1.165, 1.54) is 0 Å². The smallest absolute Gasteiger partial charge is 0.495 e. The van der Waals surface area contributed by atoms with Gasteiger partial charge in [-0.15, -0.1) is 0 Å². The third-order valence-electron chi connectivity index (χ3n) is 0.507. The van der Waals surface area contributed by atoms with E-state index in [0.29, 0.717) is 13.2 Å². The first-order valence-electron chi connectivity index (χ1n) is 2.77. The molecule has 0 atom stereocenters. The van der Waals surface area contributed by atoms with Gasteiger partial charge in [0, 0.05) is 0 Å². The fourth-order valence-corrected chi connectivity index (χ4v) is 0.747. The Bertz CT molecular complexity index is 84.6. The quantitative estimate of drug-likeness (QED) is 0.323. The Morgan fingerprint density at radius 1 is 1.33 bits per heavy atom. The van der Waals surface area contributed by atoms with Crippen LogP contribution >= 0.6 is 0 Å². The van der Waals surface area contributed by atoms with Crippen LogP contribution in [-0.2, 0) is 18.4 Å². The predicted octanol–water partition coefficient (Wildman–Crippen LogP) is 0.406. The SMILES string of the molecule is CCOO[Si](=O)OCC. The highest BCUT2D eigenvalue weighted by Gasteiger charge is 2.09. The second-order valence-electron chi connectivity index (χ2n) is 1.17. The van der Waals surface area contributed by atoms with Crippen molar-refractivity contribution in [1.82, 2.24) is 0 Å². The van der Waals surface area contributed by atoms with E-state index in [9.17, 15) is 4.46 Å². The molecule has 0 unspecified atom stereocenters. The fraction of sp³-hybridized carbons (Fsp3) is 1.00. The molecule has 0 aromatic heterocycles. The highest BCUT2D eigenvalue weighted by Crippen LogP contribution is 1.79. The number of hydrogen-bond donors (Lipinski definition) is 0. The van der Waals surface area contributed by atoms with Crippen molar-refractivity contribution in [3.63, 3.8) is 0 Å². The van der Waals surface area contributed by atoms with Crippen LogP contribution in [0.2, 0.25) is 0 Å². The van der Waals surface area contributed by atoms with Gasteiger partial charge in [-0.1, -0.05) is 0 Å². The Morgan fingerprint density at radius 3 is 2.44 bits per heavy atom. The van der Waals surface area contributed by atoms with E-state index in [4.69, 9.17) is 0 Å². The molecular weight excluding hydrogens is 140 g/mol. The summed E-state index contributed by atoms with van der Waals surface area (Å²) in [4.78, 5) is 4.36. The maximum absolute atomic E-state index is 10.4. The van der Waals surface area contributed by atoms with Crippen molar-refractivity contribution >= 4 is 9.17 Å². The van der Waals surface area contributed by atoms with Crippen LogP contribution in [0.25, 0.3) is 0 Å². The molecule has 0 rings (SSSR count). The third kappa shape index (κ3) is 5.45. The summed E-state index contributed by atoms with van der Waals surface area (Å²) < 4.78 is 19.2. The normalized spacial score (nSPS) is 8.67. The van der Waals surface area contributed by atoms with Gasteiger partial charge < -0.3 is 9.00 Å². The summed E-state index contributed by atoms with van der Waals surface area (Å²) in [6.07, 6.45) is 0. The molecule has 0 aliphatic rings. The Kier molecular flexibility index (Phi) is 5.44. The molecule has 0 saturated heterocycles. The van der Waals surface area contributed by atoms with Gasteiger partial charge in [0.1, 0.15) is 0 Å². The monoisotopic (exact) mass is 150 g/mol. The Morgan fingerprint density at radius 2 is 2.00 bits per heavy atom. The molecule has 0 aliphatic heterocycles. The first kappa shape index (κ1) is 8.58. The van der Waals surface area contributed by atoms with E-state index < -0.39 is 9.17 Å². The summed E-state index contributed by atoms with van der Waals surface area (Å²) in [7, 11) is -2.38. The Labute approximate surface area is 55.6 Å². The van der Waals surface area contributed by atoms with Crippen LogP contribution in [0.1, 0.15) is 13.8 Å². The van der Waals surface area contributed by atoms with Gasteiger partial charge in [0.05, 0.1) is 13.2 Å². The molecule has 0 heterocycles. The largest absolute Gasteiger partial charge is 0.801 e. The van der Waals surface area contributed by atoms with E-state index in [0.717, 1.165) is 0 Å². The topological polar surface area (TPSA) is 44.8 Å². The van der Waals surface area contributed by atoms with Crippen LogP contribution < -0.4 is 0 Å². The minimum absolute atomic E-state index is 0.378. The second kappa shape index (κ2) is 5.71. The van der Waals surface area contributed by atoms with Crippen LogP contribution in [0, 0.1) is 0 Å². The molecule has 54 valence electrons. The van der Waals surface area contributed by atoms with Crippen molar-refractivity contribution in [3.05, 3.63) is 0 Å². The maximum atomic E-state index is 10.4. The van der Waals surface area contributed by atoms with E-state index >= 15 is 0 Å². The summed E-state index contributed by atoms with van der Waals surface area (Å²) in [6, 6.07) is 0. The van der Waals surface area contributed by atoms with E-state index in [1.807, 2.05) is 0 Å². The zero-order valence-electron chi connectivity index (χ0n) is 5.55. The molecule has 0 aromatic carbocycles. The van der Waals surface area contributed by atoms with E-state index in [2.05, 4.69) is 13.9 Å². The van der Waals surface area contributed by atoms with Crippen molar-refractivity contribution in [2.75, 3.05) is 13.2 Å². The van der Waals surface area contributed by atoms with Crippen molar-refractivity contribution in [2.45, 2.75) is 13.8 Å². The molecular formula is C4H10O4Si. The molecule has 0 aliphatic carbocycles. The Hall–Kier alpha value is -0.423. The van der Waals surface area contributed by atoms with Crippen LogP contribution in [0.15, 0.2) is 0 Å². The van der Waals surface area contributed by atoms with Crippen LogP contribution in [0.3, 0.4) is 0 Å². The maximum Gasteiger partial charge on any atom is 0.801 e. The second-order valence-corrected chi connectivity index (χ2v) is 2.13. The minimum atomic E-state index is -2.38. The average Bonchev–Trinajstić information content (AvgIpc) is 1.85. The molecule has 0 amide bonds. The first-order chi connectivity index (χ1) is 4.31. The predicted molar refractivity (Wildman–Crippen MR) is 30.8 cm³/mol. The molecule has 5 heteroatoms. The van der Waals surface area contributed by atoms with Gasteiger partial charge in [0.15, 0.2) is 0 Å². The van der Waals surface area contributed by atoms with Crippen LogP contribution in [0.4, 0.5) is 0 Å². The molecule has 0 saturated carbocycles. The van der Waals surface area contributed by atoms with Crippen molar-refractivity contribution in [3.8, 4) is 0 Å². The van der Waals surface area contributed by atoms with Gasteiger partial charge in [0.25, 0.3) is 0 Å². The molecule has 4 nitrogen and oxygen atoms in total. The van der Waals surface area contributed by atoms with E-state index in [-0.39, 0.29) is 0 Å². The van der Waals surface area contributed by atoms with Crippen molar-refractivity contribution in [2.24, 2.45) is 0 Å². The molecule has 0 bridgehead atoms. The van der Waals surface area contributed by atoms with Gasteiger partial charge in [0.2, 0.25) is 0 Å². The van der Waals surface area contributed by atoms with Crippen molar-refractivity contribution < 1.29 is 18.4 Å². The van der Waals surface area contributed by atoms with Gasteiger partial charge in [-0.3, -0.25) is 4.46 Å². The lowest BCUT2D eigenvalue weighted by Gasteiger charge is -1.98. The van der Waals surface area contributed by atoms with Gasteiger partial charge in [-0.05, 0) is 13.8 Å². The van der Waals surface area contributed by atoms with Crippen LogP contribution in [-0.4, -0.2) is 22.4 Å². The Balaban J connectivity index is 3.06. The summed E-state index contributed by atoms with van der Waals surface area (Å²) in [6.45, 7) is 4.23. The number of rotatable bonds is 5. The number of hydrogen-bond acceptors (Lipinski definition) is 4. The molecule has 0 N–H and O–H groups in total. The summed E-state index contributed by atoms with van der Waals surface area (Å²) in [5.41, 5.74) is 0. The van der Waals surface area contributed by atoms with Crippen LogP contribution in [0.5, 0.6) is 0 Å². The van der Waals surface area contributed by atoms with Gasteiger partial charge in [-0.2, -0.15) is 4.89 Å². The van der Waals surface area contributed by atoms with Gasteiger partial charge >= 0.3 is 9.17 Å². The lowest BCUT2D eigenvalue weighted by molar-refractivity contribution is -0.224. The summed E-state index contributed by atoms with van der Waals surface area (Å²) >= 11 is 0. The first-order valence-corrected chi connectivity index (χ1v) is 4.00. The van der Waals surface area contributed by atoms with Gasteiger partial charge in [-0.25, -0.2) is 0 Å². The molecule has 0 radical (unpaired) electrons. The summed E-state index contributed by atoms with van der Waals surface area (Å²) in [5, 5.41) is 0. The summed E-state index contributed by atoms with van der Waals surface area (Å²) in [5.74, 6) is 0. The van der Waals surface area contributed by atoms with Crippen molar-refractivity contribution in [1.29, 1.82) is 0 Å². The molecule has 9 heavy (non-hydrogen) atoms. The zero-order valence-corrected chi connectivity index (χ0v) is 6.55. The van der Waals surface area contributed by atoms with E-state index in [1.54, 1.807) is 13.8 Å². The molecule has 0 fully saturated rings. The molecule has 0 spiro atoms.